The average Bonchev–Trinajstić information content (AvgIpc) is 2.94. The molecule has 2 saturated heterocycles. The first-order valence-electron chi connectivity index (χ1n) is 13.7. The summed E-state index contributed by atoms with van der Waals surface area (Å²) < 4.78 is 1.07. The molecule has 3 heterocycles. The molecule has 0 aliphatic carbocycles. The zero-order valence-corrected chi connectivity index (χ0v) is 24.2. The van der Waals surface area contributed by atoms with E-state index < -0.39 is 0 Å². The number of carbonyl (C=O) groups excluding carboxylic acids is 1. The number of fused-ring (bicyclic) bond motifs is 1. The lowest BCUT2D eigenvalue weighted by molar-refractivity contribution is 0.0162. The van der Waals surface area contributed by atoms with Gasteiger partial charge in [0, 0.05) is 40.6 Å². The van der Waals surface area contributed by atoms with Crippen molar-refractivity contribution in [1.29, 1.82) is 0 Å². The maximum atomic E-state index is 13.5. The van der Waals surface area contributed by atoms with E-state index in [0.29, 0.717) is 12.5 Å². The van der Waals surface area contributed by atoms with Gasteiger partial charge in [-0.2, -0.15) is 0 Å². The monoisotopic (exact) mass is 576 g/mol. The summed E-state index contributed by atoms with van der Waals surface area (Å²) in [5.41, 5.74) is 5.08. The number of rotatable bonds is 6. The Balaban J connectivity index is 1.22. The van der Waals surface area contributed by atoms with Gasteiger partial charge in [0.2, 0.25) is 0 Å². The highest BCUT2D eigenvalue weighted by Crippen LogP contribution is 2.34. The minimum atomic E-state index is 0.105. The van der Waals surface area contributed by atoms with Crippen LogP contribution in [0.15, 0.2) is 64.4 Å². The van der Waals surface area contributed by atoms with Crippen LogP contribution in [0.1, 0.15) is 61.0 Å². The van der Waals surface area contributed by atoms with Crippen LogP contribution in [0, 0.1) is 12.8 Å². The molecule has 7 heteroatoms. The van der Waals surface area contributed by atoms with Crippen LogP contribution in [0.5, 0.6) is 0 Å². The van der Waals surface area contributed by atoms with Crippen molar-refractivity contribution in [2.24, 2.45) is 11.1 Å². The van der Waals surface area contributed by atoms with Gasteiger partial charge < -0.3 is 9.74 Å². The van der Waals surface area contributed by atoms with Crippen molar-refractivity contribution in [2.45, 2.75) is 52.0 Å². The van der Waals surface area contributed by atoms with Crippen molar-refractivity contribution in [1.82, 2.24) is 14.8 Å². The number of para-hydroxylation sites is 1. The van der Waals surface area contributed by atoms with Crippen molar-refractivity contribution < 1.29 is 9.63 Å². The Hall–Kier alpha value is -2.77. The van der Waals surface area contributed by atoms with E-state index in [9.17, 15) is 4.79 Å². The molecule has 1 amide bonds. The van der Waals surface area contributed by atoms with Crippen molar-refractivity contribution >= 4 is 38.5 Å². The van der Waals surface area contributed by atoms with Crippen LogP contribution >= 0.6 is 15.9 Å². The number of nitrogens with zero attached hydrogens (tertiary/aromatic N) is 4. The highest BCUT2D eigenvalue weighted by Gasteiger charge is 2.39. The van der Waals surface area contributed by atoms with Gasteiger partial charge in [-0.1, -0.05) is 51.4 Å². The Labute approximate surface area is 234 Å². The maximum Gasteiger partial charge on any atom is 0.254 e. The van der Waals surface area contributed by atoms with Crippen LogP contribution in [0.25, 0.3) is 10.9 Å². The molecule has 0 saturated carbocycles. The number of oxime groups is 1. The zero-order valence-electron chi connectivity index (χ0n) is 22.6. The van der Waals surface area contributed by atoms with E-state index >= 15 is 0 Å². The molecule has 5 rings (SSSR count). The molecule has 0 atom stereocenters. The molecule has 3 aromatic rings. The average molecular weight is 578 g/mol. The number of hydrogen-bond acceptors (Lipinski definition) is 5. The Kier molecular flexibility index (Phi) is 8.15. The summed E-state index contributed by atoms with van der Waals surface area (Å²) in [5.74, 6) is 0.503. The fourth-order valence-corrected chi connectivity index (χ4v) is 6.26. The quantitative estimate of drug-likeness (QED) is 0.250. The fraction of sp³-hybridized carbons (Fsp3) is 0.452. The number of benzene rings is 2. The lowest BCUT2D eigenvalue weighted by atomic mass is 9.82. The summed E-state index contributed by atoms with van der Waals surface area (Å²) in [6, 6.07) is 16.3. The normalized spacial score (nSPS) is 19.1. The largest absolute Gasteiger partial charge is 0.396 e. The molecule has 2 aliphatic heterocycles. The Morgan fingerprint density at radius 3 is 2.47 bits per heavy atom. The molecule has 2 aromatic carbocycles. The van der Waals surface area contributed by atoms with E-state index in [2.05, 4.69) is 62.2 Å². The molecule has 0 spiro atoms. The van der Waals surface area contributed by atoms with Gasteiger partial charge in [0.05, 0.1) is 16.8 Å². The van der Waals surface area contributed by atoms with E-state index in [0.717, 1.165) is 89.6 Å². The number of carbonyl (C=O) groups is 1. The number of likely N-dealkylation sites (tertiary alicyclic amines) is 2. The van der Waals surface area contributed by atoms with Gasteiger partial charge in [0.1, 0.15) is 6.61 Å². The number of halogens is 1. The van der Waals surface area contributed by atoms with Gasteiger partial charge in [-0.05, 0) is 88.9 Å². The second-order valence-electron chi connectivity index (χ2n) is 10.8. The Morgan fingerprint density at radius 2 is 1.79 bits per heavy atom. The van der Waals surface area contributed by atoms with Gasteiger partial charge in [-0.25, -0.2) is 0 Å². The molecule has 1 aromatic heterocycles. The number of aromatic nitrogens is 1. The summed E-state index contributed by atoms with van der Waals surface area (Å²) >= 11 is 3.54. The predicted molar refractivity (Wildman–Crippen MR) is 157 cm³/mol. The third-order valence-corrected chi connectivity index (χ3v) is 8.94. The van der Waals surface area contributed by atoms with E-state index in [-0.39, 0.29) is 11.4 Å². The second kappa shape index (κ2) is 11.5. The summed E-state index contributed by atoms with van der Waals surface area (Å²) in [6.07, 6.45) is 5.85. The highest BCUT2D eigenvalue weighted by molar-refractivity contribution is 9.10. The molecular formula is C31H37BrN4O2. The molecule has 0 bridgehead atoms. The minimum absolute atomic E-state index is 0.105. The van der Waals surface area contributed by atoms with Crippen LogP contribution in [-0.4, -0.2) is 64.7 Å². The SMILES string of the molecule is CCON=C(c1ccc(Br)cc1)C1CCN(C2(C)CCN(C(=O)c3ccnc4c(C)cccc34)CC2)CC1. The van der Waals surface area contributed by atoms with Gasteiger partial charge >= 0.3 is 0 Å². The van der Waals surface area contributed by atoms with Crippen LogP contribution in [0.4, 0.5) is 0 Å². The second-order valence-corrected chi connectivity index (χ2v) is 11.7. The first kappa shape index (κ1) is 26.8. The third kappa shape index (κ3) is 5.50. The Bertz CT molecular complexity index is 1310. The van der Waals surface area contributed by atoms with E-state index in [1.165, 1.54) is 0 Å². The Morgan fingerprint density at radius 1 is 1.08 bits per heavy atom. The van der Waals surface area contributed by atoms with Crippen LogP contribution in [-0.2, 0) is 4.84 Å². The highest BCUT2D eigenvalue weighted by atomic mass is 79.9. The number of aryl methyl sites for hydroxylation is 1. The third-order valence-electron chi connectivity index (χ3n) is 8.41. The number of amides is 1. The van der Waals surface area contributed by atoms with Crippen molar-refractivity contribution in [3.05, 3.63) is 75.9 Å². The summed E-state index contributed by atoms with van der Waals surface area (Å²) in [4.78, 5) is 28.2. The van der Waals surface area contributed by atoms with E-state index in [1.807, 2.05) is 43.0 Å². The molecule has 200 valence electrons. The maximum absolute atomic E-state index is 13.5. The van der Waals surface area contributed by atoms with Gasteiger partial charge in [-0.3, -0.25) is 14.7 Å². The molecule has 2 fully saturated rings. The lowest BCUT2D eigenvalue weighted by Crippen LogP contribution is -2.56. The topological polar surface area (TPSA) is 58.0 Å². The molecule has 0 unspecified atom stereocenters. The lowest BCUT2D eigenvalue weighted by Gasteiger charge is -2.49. The van der Waals surface area contributed by atoms with Crippen molar-refractivity contribution in [2.75, 3.05) is 32.8 Å². The van der Waals surface area contributed by atoms with Crippen molar-refractivity contribution in [3.63, 3.8) is 0 Å². The zero-order chi connectivity index (χ0) is 26.7. The first-order chi connectivity index (χ1) is 18.4. The van der Waals surface area contributed by atoms with Crippen LogP contribution in [0.2, 0.25) is 0 Å². The minimum Gasteiger partial charge on any atom is -0.396 e. The van der Waals surface area contributed by atoms with E-state index in [4.69, 9.17) is 4.84 Å². The smallest absolute Gasteiger partial charge is 0.254 e. The summed E-state index contributed by atoms with van der Waals surface area (Å²) in [5, 5.41) is 5.49. The summed E-state index contributed by atoms with van der Waals surface area (Å²) in [7, 11) is 0. The predicted octanol–water partition coefficient (Wildman–Crippen LogP) is 6.45. The first-order valence-corrected chi connectivity index (χ1v) is 14.5. The molecular weight excluding hydrogens is 540 g/mol. The number of hydrogen-bond donors (Lipinski definition) is 0. The fourth-order valence-electron chi connectivity index (χ4n) is 6.00. The van der Waals surface area contributed by atoms with E-state index in [1.54, 1.807) is 6.20 Å². The molecule has 0 radical (unpaired) electrons. The molecule has 6 nitrogen and oxygen atoms in total. The van der Waals surface area contributed by atoms with Gasteiger partial charge in [0.25, 0.3) is 5.91 Å². The molecule has 2 aliphatic rings. The number of pyridine rings is 1. The number of piperidine rings is 2. The molecule has 0 N–H and O–H groups in total. The van der Waals surface area contributed by atoms with Crippen molar-refractivity contribution in [3.8, 4) is 0 Å². The standard InChI is InChI=1S/C31H37BrN4O2/c1-4-38-34-29(23-8-10-25(32)11-9-23)24-13-18-36(19-14-24)31(3)15-20-35(21-16-31)30(37)27-12-17-33-28-22(2)6-5-7-26(27)28/h5-12,17,24H,4,13-16,18-21H2,1-3H3. The van der Waals surface area contributed by atoms with Crippen LogP contribution in [0.3, 0.4) is 0 Å². The van der Waals surface area contributed by atoms with Gasteiger partial charge in [0.15, 0.2) is 0 Å². The van der Waals surface area contributed by atoms with Gasteiger partial charge in [-0.15, -0.1) is 0 Å². The van der Waals surface area contributed by atoms with Crippen LogP contribution < -0.4 is 0 Å². The summed E-state index contributed by atoms with van der Waals surface area (Å²) in [6.45, 7) is 10.6. The molecule has 38 heavy (non-hydrogen) atoms.